The lowest BCUT2D eigenvalue weighted by molar-refractivity contribution is 0.392. The van der Waals surface area contributed by atoms with Gasteiger partial charge < -0.3 is 10.2 Å². The molecular formula is C18H21FN2. The van der Waals surface area contributed by atoms with Crippen LogP contribution in [0.2, 0.25) is 0 Å². The number of rotatable bonds is 2. The van der Waals surface area contributed by atoms with Gasteiger partial charge in [0.05, 0.1) is 5.54 Å². The van der Waals surface area contributed by atoms with Crippen molar-refractivity contribution >= 4 is 5.69 Å². The molecule has 0 bridgehead atoms. The van der Waals surface area contributed by atoms with Gasteiger partial charge in [0.1, 0.15) is 5.82 Å². The van der Waals surface area contributed by atoms with Gasteiger partial charge in [-0.05, 0) is 43.7 Å². The van der Waals surface area contributed by atoms with Crippen LogP contribution in [0, 0.1) is 5.82 Å². The molecule has 2 nitrogen and oxygen atoms in total. The molecule has 1 heterocycles. The van der Waals surface area contributed by atoms with Crippen LogP contribution in [0.25, 0.3) is 0 Å². The highest BCUT2D eigenvalue weighted by atomic mass is 19.1. The molecule has 1 fully saturated rings. The van der Waals surface area contributed by atoms with E-state index < -0.39 is 0 Å². The third kappa shape index (κ3) is 3.08. The summed E-state index contributed by atoms with van der Waals surface area (Å²) < 4.78 is 13.5. The van der Waals surface area contributed by atoms with E-state index in [1.807, 2.05) is 12.1 Å². The molecule has 1 unspecified atom stereocenters. The van der Waals surface area contributed by atoms with E-state index >= 15 is 0 Å². The molecule has 1 aliphatic heterocycles. The maximum absolute atomic E-state index is 13.5. The average molecular weight is 284 g/mol. The Balaban J connectivity index is 1.90. The first-order valence-electron chi connectivity index (χ1n) is 7.48. The van der Waals surface area contributed by atoms with Crippen molar-refractivity contribution in [1.82, 2.24) is 5.32 Å². The lowest BCUT2D eigenvalue weighted by Crippen LogP contribution is -2.46. The van der Waals surface area contributed by atoms with E-state index in [0.29, 0.717) is 0 Å². The molecule has 0 amide bonds. The van der Waals surface area contributed by atoms with E-state index in [-0.39, 0.29) is 11.4 Å². The third-order valence-electron chi connectivity index (χ3n) is 4.21. The molecule has 110 valence electrons. The fourth-order valence-electron chi connectivity index (χ4n) is 3.04. The molecule has 0 radical (unpaired) electrons. The molecular weight excluding hydrogens is 263 g/mol. The first kappa shape index (κ1) is 14.1. The summed E-state index contributed by atoms with van der Waals surface area (Å²) in [7, 11) is 0. The van der Waals surface area contributed by atoms with Crippen molar-refractivity contribution < 1.29 is 4.39 Å². The molecule has 0 spiro atoms. The summed E-state index contributed by atoms with van der Waals surface area (Å²) in [6.07, 6.45) is 1.05. The number of hydrogen-bond donors (Lipinski definition) is 1. The molecule has 21 heavy (non-hydrogen) atoms. The normalized spacial score (nSPS) is 22.9. The summed E-state index contributed by atoms with van der Waals surface area (Å²) in [5, 5.41) is 3.65. The second-order valence-corrected chi connectivity index (χ2v) is 5.88. The number of nitrogens with one attached hydrogen (secondary N) is 1. The van der Waals surface area contributed by atoms with E-state index in [0.717, 1.165) is 31.7 Å². The number of benzene rings is 2. The van der Waals surface area contributed by atoms with Crippen molar-refractivity contribution in [2.45, 2.75) is 18.9 Å². The Hall–Kier alpha value is -1.87. The smallest absolute Gasteiger partial charge is 0.125 e. The fourth-order valence-corrected chi connectivity index (χ4v) is 3.04. The van der Waals surface area contributed by atoms with Gasteiger partial charge in [-0.2, -0.15) is 0 Å². The zero-order valence-corrected chi connectivity index (χ0v) is 12.3. The summed E-state index contributed by atoms with van der Waals surface area (Å²) in [5.74, 6) is -0.175. The van der Waals surface area contributed by atoms with Crippen molar-refractivity contribution in [3.63, 3.8) is 0 Å². The zero-order chi connectivity index (χ0) is 14.7. The van der Waals surface area contributed by atoms with Crippen LogP contribution >= 0.6 is 0 Å². The minimum Gasteiger partial charge on any atom is -0.369 e. The van der Waals surface area contributed by atoms with Crippen LogP contribution < -0.4 is 10.2 Å². The largest absolute Gasteiger partial charge is 0.369 e. The van der Waals surface area contributed by atoms with E-state index in [9.17, 15) is 4.39 Å². The SMILES string of the molecule is CC1(c2ccccc2)CN(c2cccc(F)c2)CCCN1. The van der Waals surface area contributed by atoms with Crippen LogP contribution in [0.3, 0.4) is 0 Å². The van der Waals surface area contributed by atoms with Crippen LogP contribution in [-0.2, 0) is 5.54 Å². The Bertz CT molecular complexity index is 599. The van der Waals surface area contributed by atoms with E-state index in [1.54, 1.807) is 12.1 Å². The molecule has 2 aromatic carbocycles. The zero-order valence-electron chi connectivity index (χ0n) is 12.3. The van der Waals surface area contributed by atoms with Crippen LogP contribution in [0.15, 0.2) is 54.6 Å². The Morgan fingerprint density at radius 2 is 1.90 bits per heavy atom. The van der Waals surface area contributed by atoms with Gasteiger partial charge in [0.2, 0.25) is 0 Å². The maximum Gasteiger partial charge on any atom is 0.125 e. The summed E-state index contributed by atoms with van der Waals surface area (Å²) in [6.45, 7) is 4.97. The predicted octanol–water partition coefficient (Wildman–Crippen LogP) is 3.54. The van der Waals surface area contributed by atoms with Gasteiger partial charge in [-0.3, -0.25) is 0 Å². The van der Waals surface area contributed by atoms with Gasteiger partial charge in [-0.25, -0.2) is 4.39 Å². The molecule has 3 rings (SSSR count). The monoisotopic (exact) mass is 284 g/mol. The van der Waals surface area contributed by atoms with Crippen molar-refractivity contribution in [3.8, 4) is 0 Å². The van der Waals surface area contributed by atoms with Crippen molar-refractivity contribution in [3.05, 3.63) is 66.0 Å². The molecule has 2 aromatic rings. The minimum absolute atomic E-state index is 0.121. The summed E-state index contributed by atoms with van der Waals surface area (Å²) >= 11 is 0. The molecule has 0 saturated carbocycles. The highest BCUT2D eigenvalue weighted by molar-refractivity contribution is 5.48. The third-order valence-corrected chi connectivity index (χ3v) is 4.21. The Morgan fingerprint density at radius 1 is 1.10 bits per heavy atom. The van der Waals surface area contributed by atoms with Gasteiger partial charge in [-0.15, -0.1) is 0 Å². The topological polar surface area (TPSA) is 15.3 Å². The van der Waals surface area contributed by atoms with Crippen LogP contribution in [0.1, 0.15) is 18.9 Å². The lowest BCUT2D eigenvalue weighted by Gasteiger charge is -2.35. The van der Waals surface area contributed by atoms with E-state index in [1.165, 1.54) is 11.6 Å². The van der Waals surface area contributed by atoms with Crippen molar-refractivity contribution in [2.24, 2.45) is 0 Å². The van der Waals surface area contributed by atoms with E-state index in [4.69, 9.17) is 0 Å². The first-order chi connectivity index (χ1) is 10.2. The van der Waals surface area contributed by atoms with Gasteiger partial charge in [0.15, 0.2) is 0 Å². The number of halogens is 1. The molecule has 1 N–H and O–H groups in total. The quantitative estimate of drug-likeness (QED) is 0.907. The first-order valence-corrected chi connectivity index (χ1v) is 7.48. The molecule has 1 atom stereocenters. The standard InChI is InChI=1S/C18H21FN2/c1-18(15-7-3-2-4-8-15)14-21(12-6-11-20-18)17-10-5-9-16(19)13-17/h2-5,7-10,13,20H,6,11-12,14H2,1H3. The summed E-state index contributed by atoms with van der Waals surface area (Å²) in [4.78, 5) is 2.27. The van der Waals surface area contributed by atoms with Crippen molar-refractivity contribution in [2.75, 3.05) is 24.5 Å². The molecule has 0 aromatic heterocycles. The Labute approximate surface area is 125 Å². The molecule has 1 saturated heterocycles. The fraction of sp³-hybridized carbons (Fsp3) is 0.333. The highest BCUT2D eigenvalue weighted by Gasteiger charge is 2.30. The van der Waals surface area contributed by atoms with Crippen molar-refractivity contribution in [1.29, 1.82) is 0 Å². The predicted molar refractivity (Wildman–Crippen MR) is 85.0 cm³/mol. The number of anilines is 1. The Kier molecular flexibility index (Phi) is 3.93. The minimum atomic E-state index is -0.175. The number of hydrogen-bond acceptors (Lipinski definition) is 2. The van der Waals surface area contributed by atoms with Crippen LogP contribution in [0.4, 0.5) is 10.1 Å². The second-order valence-electron chi connectivity index (χ2n) is 5.88. The summed E-state index contributed by atoms with van der Waals surface area (Å²) in [5.41, 5.74) is 2.11. The van der Waals surface area contributed by atoms with Gasteiger partial charge in [0, 0.05) is 18.8 Å². The van der Waals surface area contributed by atoms with Crippen LogP contribution in [0.5, 0.6) is 0 Å². The average Bonchev–Trinajstić information content (AvgIpc) is 2.71. The van der Waals surface area contributed by atoms with E-state index in [2.05, 4.69) is 41.4 Å². The lowest BCUT2D eigenvalue weighted by atomic mass is 9.91. The summed E-state index contributed by atoms with van der Waals surface area (Å²) in [6, 6.07) is 17.4. The van der Waals surface area contributed by atoms with Gasteiger partial charge in [-0.1, -0.05) is 36.4 Å². The highest BCUT2D eigenvalue weighted by Crippen LogP contribution is 2.27. The number of nitrogens with zero attached hydrogens (tertiary/aromatic N) is 1. The van der Waals surface area contributed by atoms with Gasteiger partial charge in [0.25, 0.3) is 0 Å². The Morgan fingerprint density at radius 3 is 2.67 bits per heavy atom. The molecule has 1 aliphatic rings. The molecule has 0 aliphatic carbocycles. The van der Waals surface area contributed by atoms with Gasteiger partial charge >= 0.3 is 0 Å². The van der Waals surface area contributed by atoms with Crippen LogP contribution in [-0.4, -0.2) is 19.6 Å². The maximum atomic E-state index is 13.5. The molecule has 3 heteroatoms. The second kappa shape index (κ2) is 5.86.